The average molecular weight is 489 g/mol. The highest BCUT2D eigenvalue weighted by Gasteiger charge is 2.26. The van der Waals surface area contributed by atoms with Crippen molar-refractivity contribution < 1.29 is 4.79 Å². The molecule has 1 saturated heterocycles. The van der Waals surface area contributed by atoms with Gasteiger partial charge < -0.3 is 15.5 Å². The fourth-order valence-corrected chi connectivity index (χ4v) is 5.59. The number of pyridine rings is 1. The van der Waals surface area contributed by atoms with E-state index in [4.69, 9.17) is 4.98 Å². The molecular formula is C28H36N6O2. The zero-order valence-corrected chi connectivity index (χ0v) is 21.6. The van der Waals surface area contributed by atoms with Gasteiger partial charge in [-0.25, -0.2) is 4.98 Å². The molecule has 1 aliphatic carbocycles. The zero-order valence-electron chi connectivity index (χ0n) is 21.6. The Labute approximate surface area is 212 Å². The normalized spacial score (nSPS) is 20.9. The van der Waals surface area contributed by atoms with Gasteiger partial charge in [-0.15, -0.1) is 0 Å². The number of nitrogens with one attached hydrogen (secondary N) is 2. The van der Waals surface area contributed by atoms with Gasteiger partial charge in [-0.05, 0) is 57.0 Å². The smallest absolute Gasteiger partial charge is 0.263 e. The Bertz CT molecular complexity index is 1300. The number of rotatable bonds is 6. The van der Waals surface area contributed by atoms with E-state index < -0.39 is 0 Å². The number of ketones is 1. The van der Waals surface area contributed by atoms with Crippen molar-refractivity contribution >= 4 is 34.1 Å². The summed E-state index contributed by atoms with van der Waals surface area (Å²) in [6.45, 7) is 10.0. The summed E-state index contributed by atoms with van der Waals surface area (Å²) in [6.07, 6.45) is 5.71. The molecule has 1 aliphatic heterocycles. The lowest BCUT2D eigenvalue weighted by Gasteiger charge is -2.37. The van der Waals surface area contributed by atoms with Gasteiger partial charge in [-0.2, -0.15) is 4.98 Å². The molecule has 2 atom stereocenters. The van der Waals surface area contributed by atoms with Gasteiger partial charge in [0.15, 0.2) is 5.78 Å². The number of piperazine rings is 1. The highest BCUT2D eigenvalue weighted by molar-refractivity contribution is 5.99. The van der Waals surface area contributed by atoms with E-state index in [-0.39, 0.29) is 28.9 Å². The second kappa shape index (κ2) is 10.0. The molecule has 2 aromatic heterocycles. The fourth-order valence-electron chi connectivity index (χ4n) is 5.59. The van der Waals surface area contributed by atoms with Gasteiger partial charge in [0, 0.05) is 60.1 Å². The molecule has 3 heterocycles. The van der Waals surface area contributed by atoms with Crippen LogP contribution in [0.25, 0.3) is 11.0 Å². The summed E-state index contributed by atoms with van der Waals surface area (Å²) in [5.74, 6) is 0.0580. The summed E-state index contributed by atoms with van der Waals surface area (Å²) in [5.41, 5.74) is 2.67. The van der Waals surface area contributed by atoms with Crippen molar-refractivity contribution in [1.29, 1.82) is 0 Å². The number of aromatic nitrogens is 3. The molecule has 1 saturated carbocycles. The Morgan fingerprint density at radius 1 is 1.08 bits per heavy atom. The Kier molecular flexibility index (Phi) is 6.79. The topological polar surface area (TPSA) is 92.2 Å². The van der Waals surface area contributed by atoms with Gasteiger partial charge in [0.2, 0.25) is 5.95 Å². The van der Waals surface area contributed by atoms with Crippen LogP contribution in [0.5, 0.6) is 0 Å². The van der Waals surface area contributed by atoms with Crippen LogP contribution in [0, 0.1) is 5.92 Å². The predicted octanol–water partition coefficient (Wildman–Crippen LogP) is 4.68. The zero-order chi connectivity index (χ0) is 25.4. The number of carbonyl (C=O) groups excluding carboxylic acids is 1. The fraction of sp³-hybridized carbons (Fsp3) is 0.500. The van der Waals surface area contributed by atoms with Crippen molar-refractivity contribution in [2.24, 2.45) is 5.92 Å². The summed E-state index contributed by atoms with van der Waals surface area (Å²) >= 11 is 0. The second-order valence-electron chi connectivity index (χ2n) is 10.7. The molecule has 2 aliphatic rings. The molecule has 8 heteroatoms. The van der Waals surface area contributed by atoms with Crippen molar-refractivity contribution in [2.75, 3.05) is 23.3 Å². The lowest BCUT2D eigenvalue weighted by molar-refractivity contribution is 0.0937. The first-order chi connectivity index (χ1) is 17.3. The quantitative estimate of drug-likeness (QED) is 0.487. The Balaban J connectivity index is 1.45. The van der Waals surface area contributed by atoms with E-state index in [1.807, 2.05) is 26.0 Å². The third kappa shape index (κ3) is 4.87. The number of benzene rings is 1. The maximum Gasteiger partial charge on any atom is 0.263 e. The number of hydrogen-bond donors (Lipinski definition) is 2. The lowest BCUT2D eigenvalue weighted by atomic mass is 10.0. The van der Waals surface area contributed by atoms with Crippen LogP contribution in [0.3, 0.4) is 0 Å². The highest BCUT2D eigenvalue weighted by atomic mass is 16.1. The van der Waals surface area contributed by atoms with E-state index in [9.17, 15) is 9.59 Å². The summed E-state index contributed by atoms with van der Waals surface area (Å²) in [6, 6.07) is 10.9. The first-order valence-corrected chi connectivity index (χ1v) is 13.1. The van der Waals surface area contributed by atoms with Crippen molar-refractivity contribution in [3.63, 3.8) is 0 Å². The number of Topliss-reactive ketones (excluding diaryl/α,β-unsaturated/α-hetero) is 1. The van der Waals surface area contributed by atoms with Crippen LogP contribution in [0.1, 0.15) is 69.8 Å². The molecule has 2 N–H and O–H groups in total. The molecule has 0 bridgehead atoms. The van der Waals surface area contributed by atoms with E-state index in [1.54, 1.807) is 16.8 Å². The third-order valence-corrected chi connectivity index (χ3v) is 7.30. The summed E-state index contributed by atoms with van der Waals surface area (Å²) < 4.78 is 1.75. The van der Waals surface area contributed by atoms with Crippen LogP contribution in [0.15, 0.2) is 41.3 Å². The van der Waals surface area contributed by atoms with E-state index in [0.717, 1.165) is 44.5 Å². The van der Waals surface area contributed by atoms with Crippen molar-refractivity contribution in [3.8, 4) is 0 Å². The summed E-state index contributed by atoms with van der Waals surface area (Å²) in [4.78, 5) is 37.9. The first-order valence-electron chi connectivity index (χ1n) is 13.1. The molecule has 5 rings (SSSR count). The molecule has 0 spiro atoms. The van der Waals surface area contributed by atoms with E-state index in [1.165, 1.54) is 5.69 Å². The maximum absolute atomic E-state index is 13.5. The number of nitrogens with zero attached hydrogens (tertiary/aromatic N) is 4. The van der Waals surface area contributed by atoms with Gasteiger partial charge in [-0.3, -0.25) is 14.2 Å². The number of fused-ring (bicyclic) bond motifs is 1. The van der Waals surface area contributed by atoms with E-state index in [2.05, 4.69) is 46.5 Å². The molecule has 190 valence electrons. The maximum atomic E-state index is 13.5. The minimum Gasteiger partial charge on any atom is -0.368 e. The Hall–Kier alpha value is -3.26. The molecule has 0 radical (unpaired) electrons. The largest absolute Gasteiger partial charge is 0.368 e. The van der Waals surface area contributed by atoms with Crippen LogP contribution >= 0.6 is 0 Å². The number of hydrogen-bond acceptors (Lipinski definition) is 7. The van der Waals surface area contributed by atoms with Gasteiger partial charge >= 0.3 is 0 Å². The van der Waals surface area contributed by atoms with Crippen LogP contribution in [-0.2, 0) is 0 Å². The summed E-state index contributed by atoms with van der Waals surface area (Å²) in [5, 5.41) is 7.58. The summed E-state index contributed by atoms with van der Waals surface area (Å²) in [7, 11) is 0. The molecule has 1 aromatic carbocycles. The lowest BCUT2D eigenvalue weighted by Crippen LogP contribution is -2.54. The van der Waals surface area contributed by atoms with Gasteiger partial charge in [0.1, 0.15) is 5.65 Å². The monoisotopic (exact) mass is 488 g/mol. The molecule has 2 fully saturated rings. The van der Waals surface area contributed by atoms with Gasteiger partial charge in [0.05, 0.1) is 5.56 Å². The van der Waals surface area contributed by atoms with Crippen LogP contribution < -0.4 is 21.1 Å². The van der Waals surface area contributed by atoms with E-state index in [0.29, 0.717) is 29.1 Å². The van der Waals surface area contributed by atoms with Crippen LogP contribution in [0.2, 0.25) is 0 Å². The Morgan fingerprint density at radius 2 is 1.75 bits per heavy atom. The van der Waals surface area contributed by atoms with Gasteiger partial charge in [-0.1, -0.05) is 26.7 Å². The molecule has 0 amide bonds. The van der Waals surface area contributed by atoms with Crippen LogP contribution in [-0.4, -0.2) is 45.5 Å². The first kappa shape index (κ1) is 24.4. The molecule has 8 nitrogen and oxygen atoms in total. The SMILES string of the molecule is CC1CN(c2ccc(Nc3ncc4cc(C(=O)C(C)C)c(=O)n(C5CCCC5)c4n3)cc2)CC(C)N1. The van der Waals surface area contributed by atoms with Crippen molar-refractivity contribution in [1.82, 2.24) is 19.9 Å². The minimum atomic E-state index is -0.246. The average Bonchev–Trinajstić information content (AvgIpc) is 3.37. The predicted molar refractivity (Wildman–Crippen MR) is 144 cm³/mol. The number of anilines is 3. The molecular weight excluding hydrogens is 452 g/mol. The molecule has 3 aromatic rings. The van der Waals surface area contributed by atoms with Gasteiger partial charge in [0.25, 0.3) is 5.56 Å². The standard InChI is InChI=1S/C28H36N6O2/c1-17(2)25(35)24-13-20-14-29-28(32-26(20)34(27(24)36)23-7-5-6-8-23)31-21-9-11-22(12-10-21)33-15-18(3)30-19(4)16-33/h9-14,17-19,23,30H,5-8,15-16H2,1-4H3,(H,29,31,32). The van der Waals surface area contributed by atoms with E-state index >= 15 is 0 Å². The number of carbonyl (C=O) groups is 1. The highest BCUT2D eigenvalue weighted by Crippen LogP contribution is 2.31. The van der Waals surface area contributed by atoms with Crippen LogP contribution in [0.4, 0.5) is 17.3 Å². The molecule has 2 unspecified atom stereocenters. The van der Waals surface area contributed by atoms with Crippen molar-refractivity contribution in [2.45, 2.75) is 71.5 Å². The molecule has 36 heavy (non-hydrogen) atoms. The third-order valence-electron chi connectivity index (χ3n) is 7.30. The van der Waals surface area contributed by atoms with Crippen molar-refractivity contribution in [3.05, 3.63) is 52.4 Å². The second-order valence-corrected chi connectivity index (χ2v) is 10.7. The minimum absolute atomic E-state index is 0.0609. The Morgan fingerprint density at radius 3 is 2.39 bits per heavy atom.